The van der Waals surface area contributed by atoms with Crippen molar-refractivity contribution in [3.63, 3.8) is 0 Å². The molecule has 5 heteroatoms. The number of aromatic nitrogens is 1. The van der Waals surface area contributed by atoms with Crippen molar-refractivity contribution in [3.05, 3.63) is 369 Å². The molecule has 0 atom stereocenters. The van der Waals surface area contributed by atoms with Crippen LogP contribution in [0.1, 0.15) is 5.48 Å². The Morgan fingerprint density at radius 3 is 1.04 bits per heavy atom. The summed E-state index contributed by atoms with van der Waals surface area (Å²) in [5, 5.41) is 0.893. The van der Waals surface area contributed by atoms with E-state index in [0.29, 0.717) is 33.2 Å². The van der Waals surface area contributed by atoms with Gasteiger partial charge in [-0.15, -0.1) is 0 Å². The maximum atomic E-state index is 10.1. The van der Waals surface area contributed by atoms with E-state index >= 15 is 0 Å². The highest BCUT2D eigenvalue weighted by Gasteiger charge is 2.46. The lowest BCUT2D eigenvalue weighted by molar-refractivity contribution is 1.16. The SMILES string of the molecule is [2H]c1c([2H])c([2H])c2c(c1[2H])c1cc([N+]#[C-])ccc1n2-c1cc2c3c(c1)N(c1c(-c4ccccc4)cccc1-c1ccccc1)c1cc(-c4ccc(-c5ccccc5)cc4)ccc1B3c1ccc(-c3ccc(-c4ccccc4)cc3)cc1N2c1c(-c2ccccc2)cccc1-c1ccccc1. The maximum Gasteiger partial charge on any atom is 0.252 e. The predicted octanol–water partition coefficient (Wildman–Crippen LogP) is 22.8. The lowest BCUT2D eigenvalue weighted by Crippen LogP contribution is -2.61. The molecule has 1 aromatic heterocycles. The molecule has 2 aliphatic heterocycles. The van der Waals surface area contributed by atoms with Crippen LogP contribution in [-0.4, -0.2) is 11.3 Å². The second-order valence-corrected chi connectivity index (χ2v) is 24.7. The molecule has 0 bridgehead atoms. The van der Waals surface area contributed by atoms with E-state index in [1.165, 1.54) is 0 Å². The molecule has 0 unspecified atom stereocenters. The van der Waals surface area contributed by atoms with Gasteiger partial charge in [-0.3, -0.25) is 0 Å². The summed E-state index contributed by atoms with van der Waals surface area (Å²) >= 11 is 0. The molecule has 446 valence electrons. The zero-order chi connectivity index (χ0) is 67.1. The molecule has 0 saturated heterocycles. The summed E-state index contributed by atoms with van der Waals surface area (Å²) in [4.78, 5) is 8.91. The molecule has 2 aliphatic rings. The molecular formula is C91H59BN4. The van der Waals surface area contributed by atoms with E-state index in [-0.39, 0.29) is 30.9 Å². The topological polar surface area (TPSA) is 15.8 Å². The van der Waals surface area contributed by atoms with Crippen LogP contribution in [0.2, 0.25) is 0 Å². The predicted molar refractivity (Wildman–Crippen MR) is 405 cm³/mol. The molecular weight excluding hydrogens is 1160 g/mol. The summed E-state index contributed by atoms with van der Waals surface area (Å²) in [7, 11) is 0. The quantitative estimate of drug-likeness (QED) is 0.0948. The number of hydrogen-bond acceptors (Lipinski definition) is 2. The third-order valence-corrected chi connectivity index (χ3v) is 19.3. The van der Waals surface area contributed by atoms with Gasteiger partial charge in [-0.1, -0.05) is 315 Å². The Balaban J connectivity index is 1.02. The van der Waals surface area contributed by atoms with Crippen LogP contribution in [0.25, 0.3) is 121 Å². The number of benzene rings is 15. The molecule has 0 fully saturated rings. The highest BCUT2D eigenvalue weighted by Crippen LogP contribution is 2.54. The molecule has 0 aliphatic carbocycles. The van der Waals surface area contributed by atoms with Gasteiger partial charge in [0.2, 0.25) is 0 Å². The number of rotatable bonds is 11. The summed E-state index contributed by atoms with van der Waals surface area (Å²) in [5.74, 6) is 0. The van der Waals surface area contributed by atoms with Crippen molar-refractivity contribution in [1.82, 2.24) is 4.57 Å². The average Bonchev–Trinajstić information content (AvgIpc) is 0.953. The van der Waals surface area contributed by atoms with E-state index < -0.39 is 0 Å². The molecule has 15 aromatic carbocycles. The lowest BCUT2D eigenvalue weighted by Gasteiger charge is -2.46. The van der Waals surface area contributed by atoms with Crippen LogP contribution in [-0.2, 0) is 0 Å². The molecule has 0 saturated carbocycles. The molecule has 0 radical (unpaired) electrons. The monoisotopic (exact) mass is 1220 g/mol. The van der Waals surface area contributed by atoms with Crippen LogP contribution in [0.15, 0.2) is 358 Å². The van der Waals surface area contributed by atoms with Gasteiger partial charge in [-0.25, -0.2) is 4.85 Å². The van der Waals surface area contributed by atoms with Gasteiger partial charge in [0.25, 0.3) is 6.71 Å². The van der Waals surface area contributed by atoms with Gasteiger partial charge in [0.15, 0.2) is 5.69 Å². The first-order valence-electron chi connectivity index (χ1n) is 34.5. The number of nitrogens with zero attached hydrogens (tertiary/aromatic N) is 4. The van der Waals surface area contributed by atoms with Crippen molar-refractivity contribution in [2.45, 2.75) is 0 Å². The van der Waals surface area contributed by atoms with Gasteiger partial charge in [0.1, 0.15) is 0 Å². The third kappa shape index (κ3) is 9.46. The van der Waals surface area contributed by atoms with Crippen molar-refractivity contribution in [1.29, 1.82) is 0 Å². The summed E-state index contributed by atoms with van der Waals surface area (Å²) < 4.78 is 40.5. The summed E-state index contributed by atoms with van der Waals surface area (Å²) in [6.45, 7) is 7.90. The number of fused-ring (bicyclic) bond motifs is 7. The van der Waals surface area contributed by atoms with Crippen molar-refractivity contribution in [2.75, 3.05) is 9.80 Å². The molecule has 3 heterocycles. The molecule has 96 heavy (non-hydrogen) atoms. The van der Waals surface area contributed by atoms with Crippen molar-refractivity contribution < 1.29 is 5.48 Å². The normalized spacial score (nSPS) is 12.7. The van der Waals surface area contributed by atoms with Gasteiger partial charge in [0.05, 0.1) is 40.2 Å². The highest BCUT2D eigenvalue weighted by molar-refractivity contribution is 7.00. The van der Waals surface area contributed by atoms with Crippen LogP contribution >= 0.6 is 0 Å². The Hall–Kier alpha value is -12.7. The van der Waals surface area contributed by atoms with E-state index in [1.54, 1.807) is 12.1 Å². The molecule has 4 nitrogen and oxygen atoms in total. The van der Waals surface area contributed by atoms with Gasteiger partial charge >= 0.3 is 0 Å². The van der Waals surface area contributed by atoms with E-state index in [4.69, 9.17) is 6.57 Å². The second-order valence-electron chi connectivity index (χ2n) is 24.7. The molecule has 18 rings (SSSR count). The van der Waals surface area contributed by atoms with Gasteiger partial charge in [-0.2, -0.15) is 0 Å². The van der Waals surface area contributed by atoms with E-state index in [1.807, 2.05) is 22.8 Å². The fourth-order valence-corrected chi connectivity index (χ4v) is 14.9. The van der Waals surface area contributed by atoms with Gasteiger partial charge in [-0.05, 0) is 131 Å². The molecule has 0 N–H and O–H groups in total. The van der Waals surface area contributed by atoms with Crippen molar-refractivity contribution in [3.8, 4) is 94.7 Å². The first-order valence-corrected chi connectivity index (χ1v) is 32.5. The Labute approximate surface area is 565 Å². The Kier molecular flexibility index (Phi) is 12.6. The highest BCUT2D eigenvalue weighted by atomic mass is 15.2. The van der Waals surface area contributed by atoms with Crippen molar-refractivity contribution in [2.24, 2.45) is 0 Å². The number of anilines is 6. The zero-order valence-corrected chi connectivity index (χ0v) is 52.1. The smallest absolute Gasteiger partial charge is 0.252 e. The Morgan fingerprint density at radius 2 is 0.646 bits per heavy atom. The molecule has 0 amide bonds. The third-order valence-electron chi connectivity index (χ3n) is 19.3. The Morgan fingerprint density at radius 1 is 0.292 bits per heavy atom. The molecule has 0 spiro atoms. The minimum atomic E-state index is -0.384. The fraction of sp³-hybridized carbons (Fsp3) is 0. The summed E-state index contributed by atoms with van der Waals surface area (Å²) in [6.07, 6.45) is 0. The summed E-state index contributed by atoms with van der Waals surface area (Å²) in [6, 6.07) is 118. The molecule has 16 aromatic rings. The Bertz CT molecular complexity index is 5540. The number of hydrogen-bond donors (Lipinski definition) is 0. The first-order chi connectivity index (χ1) is 49.3. The minimum absolute atomic E-state index is 0.172. The first kappa shape index (κ1) is 51.8. The van der Waals surface area contributed by atoms with Crippen molar-refractivity contribution >= 4 is 84.7 Å². The van der Waals surface area contributed by atoms with Crippen LogP contribution in [0, 0.1) is 6.57 Å². The standard InChI is InChI=1S/C91H59BN4/c1-93-73-52-55-84-80(58-73)79-36-20-21-41-83(79)94(84)74-59-87-89-88(60-74)96(91-77(69-32-16-6-17-33-69)39-23-40-78(91)70-34-18-7-19-35-70)86-57-72(66-48-44-64(45-49-66)62-26-10-3-11-27-62)51-54-82(86)92(89)81-53-50-71(65-46-42-63(43-47-65)61-24-8-2-9-25-61)56-85(81)95(87)90-75(67-28-12-4-13-29-67)37-22-38-76(90)68-30-14-5-15-31-68/h2-60H/i20D,21D,36D,41D. The van der Waals surface area contributed by atoms with Crippen LogP contribution in [0.4, 0.5) is 39.8 Å². The average molecular weight is 1220 g/mol. The summed E-state index contributed by atoms with van der Waals surface area (Å²) in [5.41, 5.74) is 27.8. The van der Waals surface area contributed by atoms with Crippen LogP contribution in [0.5, 0.6) is 0 Å². The van der Waals surface area contributed by atoms with E-state index in [9.17, 15) is 5.48 Å². The lowest BCUT2D eigenvalue weighted by atomic mass is 9.33. The van der Waals surface area contributed by atoms with Crippen LogP contribution in [0.3, 0.4) is 0 Å². The number of para-hydroxylation sites is 3. The minimum Gasteiger partial charge on any atom is -0.310 e. The van der Waals surface area contributed by atoms with Gasteiger partial charge in [0, 0.05) is 50.4 Å². The fourth-order valence-electron chi connectivity index (χ4n) is 14.9. The van der Waals surface area contributed by atoms with Crippen LogP contribution < -0.4 is 26.2 Å². The second kappa shape index (κ2) is 23.4. The zero-order valence-electron chi connectivity index (χ0n) is 56.1. The van der Waals surface area contributed by atoms with Gasteiger partial charge < -0.3 is 14.4 Å². The maximum absolute atomic E-state index is 10.1. The van der Waals surface area contributed by atoms with E-state index in [2.05, 4.69) is 318 Å². The largest absolute Gasteiger partial charge is 0.310 e. The van der Waals surface area contributed by atoms with E-state index in [0.717, 1.165) is 140 Å².